The van der Waals surface area contributed by atoms with Crippen molar-refractivity contribution in [2.45, 2.75) is 71.6 Å². The Kier molecular flexibility index (Phi) is 11.6. The van der Waals surface area contributed by atoms with Crippen LogP contribution < -0.4 is 15.0 Å². The van der Waals surface area contributed by atoms with E-state index >= 15 is 0 Å². The molecule has 0 radical (unpaired) electrons. The standard InChI is InChI=1S/C24H38Cl2N2O5/c1-23(2,3)32-21(29)16-18(27-22(30)33-24(4,5)6)14-17-15-19(8-9-20(17)31-7)28(12-10-25)13-11-26/h8-9,15,18H,10-14,16H2,1-7H3,(H,27,30). The quantitative estimate of drug-likeness (QED) is 0.331. The number of benzene rings is 1. The molecule has 1 unspecified atom stereocenters. The van der Waals surface area contributed by atoms with Crippen LogP contribution in [-0.2, 0) is 20.7 Å². The monoisotopic (exact) mass is 504 g/mol. The first-order chi connectivity index (χ1) is 15.3. The van der Waals surface area contributed by atoms with E-state index in [1.54, 1.807) is 48.7 Å². The molecule has 9 heteroatoms. The summed E-state index contributed by atoms with van der Waals surface area (Å²) < 4.78 is 16.4. The minimum atomic E-state index is -0.665. The molecule has 0 spiro atoms. The van der Waals surface area contributed by atoms with Crippen LogP contribution in [0.2, 0.25) is 0 Å². The molecule has 0 heterocycles. The molecule has 188 valence electrons. The van der Waals surface area contributed by atoms with Crippen LogP contribution in [0.15, 0.2) is 18.2 Å². The van der Waals surface area contributed by atoms with Gasteiger partial charge < -0.3 is 24.4 Å². The number of carbonyl (C=O) groups excluding carboxylic acids is 2. The summed E-state index contributed by atoms with van der Waals surface area (Å²) >= 11 is 11.9. The number of methoxy groups -OCH3 is 1. The summed E-state index contributed by atoms with van der Waals surface area (Å²) in [6, 6.07) is 5.20. The lowest BCUT2D eigenvalue weighted by Crippen LogP contribution is -2.42. The highest BCUT2D eigenvalue weighted by atomic mass is 35.5. The fourth-order valence-corrected chi connectivity index (χ4v) is 3.60. The smallest absolute Gasteiger partial charge is 0.407 e. The van der Waals surface area contributed by atoms with E-state index < -0.39 is 29.3 Å². The van der Waals surface area contributed by atoms with Crippen molar-refractivity contribution in [3.05, 3.63) is 23.8 Å². The van der Waals surface area contributed by atoms with Gasteiger partial charge in [-0.25, -0.2) is 4.79 Å². The molecule has 1 N–H and O–H groups in total. The summed E-state index contributed by atoms with van der Waals surface area (Å²) in [7, 11) is 1.58. The van der Waals surface area contributed by atoms with Crippen molar-refractivity contribution in [1.29, 1.82) is 0 Å². The van der Waals surface area contributed by atoms with Crippen molar-refractivity contribution in [3.8, 4) is 5.75 Å². The Hall–Kier alpha value is -1.86. The van der Waals surface area contributed by atoms with Crippen LogP contribution in [0.25, 0.3) is 0 Å². The van der Waals surface area contributed by atoms with Gasteiger partial charge in [0.1, 0.15) is 17.0 Å². The van der Waals surface area contributed by atoms with E-state index in [9.17, 15) is 9.59 Å². The number of halogens is 2. The Morgan fingerprint density at radius 1 is 1.00 bits per heavy atom. The van der Waals surface area contributed by atoms with Crippen molar-refractivity contribution in [3.63, 3.8) is 0 Å². The van der Waals surface area contributed by atoms with E-state index in [1.165, 1.54) is 0 Å². The van der Waals surface area contributed by atoms with E-state index in [4.69, 9.17) is 37.4 Å². The topological polar surface area (TPSA) is 77.1 Å². The minimum Gasteiger partial charge on any atom is -0.496 e. The number of hydrogen-bond donors (Lipinski definition) is 1. The van der Waals surface area contributed by atoms with Crippen LogP contribution in [0.4, 0.5) is 10.5 Å². The highest BCUT2D eigenvalue weighted by Crippen LogP contribution is 2.27. The summed E-state index contributed by atoms with van der Waals surface area (Å²) in [6.07, 6.45) is -0.278. The molecule has 0 aliphatic carbocycles. The Bertz CT molecular complexity index is 739. The number of anilines is 1. The Morgan fingerprint density at radius 3 is 2.06 bits per heavy atom. The fourth-order valence-electron chi connectivity index (χ4n) is 3.19. The first-order valence-corrected chi connectivity index (χ1v) is 12.1. The zero-order valence-corrected chi connectivity index (χ0v) is 22.3. The highest BCUT2D eigenvalue weighted by Gasteiger charge is 2.25. The molecular weight excluding hydrogens is 467 g/mol. The van der Waals surface area contributed by atoms with Crippen LogP contribution in [0.1, 0.15) is 53.5 Å². The third-order valence-electron chi connectivity index (χ3n) is 4.36. The number of rotatable bonds is 11. The third kappa shape index (κ3) is 11.7. The number of esters is 1. The van der Waals surface area contributed by atoms with Crippen LogP contribution in [0.3, 0.4) is 0 Å². The Balaban J connectivity index is 3.20. The van der Waals surface area contributed by atoms with Crippen LogP contribution in [-0.4, -0.2) is 61.3 Å². The lowest BCUT2D eigenvalue weighted by Gasteiger charge is -2.27. The average Bonchev–Trinajstić information content (AvgIpc) is 2.64. The average molecular weight is 505 g/mol. The summed E-state index contributed by atoms with van der Waals surface area (Å²) in [4.78, 5) is 27.1. The molecule has 0 aliphatic heterocycles. The van der Waals surface area contributed by atoms with E-state index in [0.717, 1.165) is 11.3 Å². The molecule has 0 saturated carbocycles. The molecule has 1 aromatic carbocycles. The SMILES string of the molecule is COc1ccc(N(CCCl)CCCl)cc1CC(CC(=O)OC(C)(C)C)NC(=O)OC(C)(C)C. The van der Waals surface area contributed by atoms with Gasteiger partial charge in [-0.15, -0.1) is 23.2 Å². The van der Waals surface area contributed by atoms with Gasteiger partial charge in [0.25, 0.3) is 0 Å². The molecule has 1 rings (SSSR count). The fraction of sp³-hybridized carbons (Fsp3) is 0.667. The first kappa shape index (κ1) is 29.2. The van der Waals surface area contributed by atoms with E-state index in [1.807, 2.05) is 18.2 Å². The second-order valence-corrected chi connectivity index (χ2v) is 10.5. The molecule has 0 aromatic heterocycles. The molecular formula is C24H38Cl2N2O5. The largest absolute Gasteiger partial charge is 0.496 e. The molecule has 1 atom stereocenters. The van der Waals surface area contributed by atoms with Gasteiger partial charge in [-0.05, 0) is 71.7 Å². The van der Waals surface area contributed by atoms with Gasteiger partial charge in [0.2, 0.25) is 0 Å². The zero-order valence-electron chi connectivity index (χ0n) is 20.8. The lowest BCUT2D eigenvalue weighted by atomic mass is 10.0. The maximum atomic E-state index is 12.5. The molecule has 0 aliphatic rings. The maximum absolute atomic E-state index is 12.5. The molecule has 0 saturated heterocycles. The van der Waals surface area contributed by atoms with Crippen molar-refractivity contribution < 1.29 is 23.8 Å². The van der Waals surface area contributed by atoms with Crippen LogP contribution in [0, 0.1) is 0 Å². The number of nitrogens with zero attached hydrogens (tertiary/aromatic N) is 1. The number of alkyl halides is 2. The van der Waals surface area contributed by atoms with Gasteiger partial charge in [-0.3, -0.25) is 4.79 Å². The van der Waals surface area contributed by atoms with Crippen molar-refractivity contribution >= 4 is 41.0 Å². The van der Waals surface area contributed by atoms with Crippen LogP contribution >= 0.6 is 23.2 Å². The number of hydrogen-bond acceptors (Lipinski definition) is 6. The minimum absolute atomic E-state index is 0.0169. The normalized spacial score (nSPS) is 12.6. The maximum Gasteiger partial charge on any atom is 0.407 e. The molecule has 0 fully saturated rings. The number of ether oxygens (including phenoxy) is 3. The molecule has 1 amide bonds. The van der Waals surface area contributed by atoms with Gasteiger partial charge in [0, 0.05) is 36.6 Å². The summed E-state index contributed by atoms with van der Waals surface area (Å²) in [5.41, 5.74) is 0.463. The molecule has 0 bridgehead atoms. The molecule has 33 heavy (non-hydrogen) atoms. The predicted molar refractivity (Wildman–Crippen MR) is 134 cm³/mol. The second-order valence-electron chi connectivity index (χ2n) is 9.70. The summed E-state index contributed by atoms with van der Waals surface area (Å²) in [5, 5.41) is 2.82. The van der Waals surface area contributed by atoms with E-state index in [-0.39, 0.29) is 6.42 Å². The van der Waals surface area contributed by atoms with Gasteiger partial charge in [0.15, 0.2) is 0 Å². The number of alkyl carbamates (subject to hydrolysis) is 1. The van der Waals surface area contributed by atoms with Crippen molar-refractivity contribution in [2.24, 2.45) is 0 Å². The highest BCUT2D eigenvalue weighted by molar-refractivity contribution is 6.18. The van der Waals surface area contributed by atoms with Gasteiger partial charge in [0.05, 0.1) is 13.5 Å². The van der Waals surface area contributed by atoms with Gasteiger partial charge >= 0.3 is 12.1 Å². The zero-order chi connectivity index (χ0) is 25.2. The lowest BCUT2D eigenvalue weighted by molar-refractivity contribution is -0.155. The van der Waals surface area contributed by atoms with Gasteiger partial charge in [-0.1, -0.05) is 0 Å². The number of nitrogens with one attached hydrogen (secondary N) is 1. The van der Waals surface area contributed by atoms with Crippen LogP contribution in [0.5, 0.6) is 5.75 Å². The summed E-state index contributed by atoms with van der Waals surface area (Å²) in [6.45, 7) is 12.0. The predicted octanol–water partition coefficient (Wildman–Crippen LogP) is 5.15. The van der Waals surface area contributed by atoms with Gasteiger partial charge in [-0.2, -0.15) is 0 Å². The van der Waals surface area contributed by atoms with Crippen molar-refractivity contribution in [1.82, 2.24) is 5.32 Å². The molecule has 7 nitrogen and oxygen atoms in total. The Labute approximate surface area is 208 Å². The third-order valence-corrected chi connectivity index (χ3v) is 4.70. The van der Waals surface area contributed by atoms with E-state index in [0.29, 0.717) is 37.0 Å². The first-order valence-electron chi connectivity index (χ1n) is 11.0. The van der Waals surface area contributed by atoms with Crippen molar-refractivity contribution in [2.75, 3.05) is 36.9 Å². The Morgan fingerprint density at radius 2 is 1.58 bits per heavy atom. The van der Waals surface area contributed by atoms with E-state index in [2.05, 4.69) is 10.2 Å². The number of amides is 1. The molecule has 1 aromatic rings. The summed E-state index contributed by atoms with van der Waals surface area (Å²) in [5.74, 6) is 1.15. The second kappa shape index (κ2) is 13.1. The number of carbonyl (C=O) groups is 2.